The van der Waals surface area contributed by atoms with Crippen LogP contribution in [0.1, 0.15) is 22.7 Å². The molecule has 0 radical (unpaired) electrons. The molecule has 0 fully saturated rings. The van der Waals surface area contributed by atoms with E-state index in [1.165, 1.54) is 6.07 Å². The lowest BCUT2D eigenvalue weighted by molar-refractivity contribution is 0.405. The number of methoxy groups -OCH3 is 1. The van der Waals surface area contributed by atoms with Crippen molar-refractivity contribution < 1.29 is 13.5 Å². The Bertz CT molecular complexity index is 613. The highest BCUT2D eigenvalue weighted by Gasteiger charge is 2.15. The molecule has 2 aromatic rings. The van der Waals surface area contributed by atoms with Gasteiger partial charge in [0.1, 0.15) is 17.4 Å². The molecule has 0 aliphatic heterocycles. The molecule has 2 N–H and O–H groups in total. The number of benzene rings is 2. The minimum absolute atomic E-state index is 0.211. The number of aryl methyl sites for hydroxylation is 1. The zero-order valence-electron chi connectivity index (χ0n) is 11.5. The predicted octanol–water partition coefficient (Wildman–Crippen LogP) is 3.52. The Morgan fingerprint density at radius 3 is 2.60 bits per heavy atom. The van der Waals surface area contributed by atoms with E-state index in [0.717, 1.165) is 23.3 Å². The van der Waals surface area contributed by atoms with Crippen LogP contribution in [0.3, 0.4) is 0 Å². The van der Waals surface area contributed by atoms with E-state index in [1.54, 1.807) is 7.11 Å². The second-order valence-electron chi connectivity index (χ2n) is 4.79. The van der Waals surface area contributed by atoms with Gasteiger partial charge >= 0.3 is 0 Å². The third-order valence-electron chi connectivity index (χ3n) is 3.24. The van der Waals surface area contributed by atoms with Crippen LogP contribution in [0.2, 0.25) is 0 Å². The van der Waals surface area contributed by atoms with E-state index in [9.17, 15) is 8.78 Å². The fraction of sp³-hybridized carbons (Fsp3) is 0.250. The Hall–Kier alpha value is -1.94. The van der Waals surface area contributed by atoms with Gasteiger partial charge in [0, 0.05) is 11.6 Å². The molecule has 0 saturated heterocycles. The molecule has 0 saturated carbocycles. The molecule has 0 heterocycles. The molecule has 0 bridgehead atoms. The third-order valence-corrected chi connectivity index (χ3v) is 3.24. The van der Waals surface area contributed by atoms with Gasteiger partial charge in [-0.2, -0.15) is 0 Å². The maximum Gasteiger partial charge on any atom is 0.126 e. The van der Waals surface area contributed by atoms with Crippen molar-refractivity contribution in [3.05, 3.63) is 64.7 Å². The summed E-state index contributed by atoms with van der Waals surface area (Å²) in [6, 6.07) is 8.57. The molecule has 2 rings (SSSR count). The summed E-state index contributed by atoms with van der Waals surface area (Å²) in [5.74, 6) is -0.258. The van der Waals surface area contributed by atoms with Crippen LogP contribution in [-0.2, 0) is 6.42 Å². The summed E-state index contributed by atoms with van der Waals surface area (Å²) in [5, 5.41) is 0. The van der Waals surface area contributed by atoms with E-state index >= 15 is 0 Å². The van der Waals surface area contributed by atoms with E-state index < -0.39 is 17.7 Å². The number of hydrogen-bond acceptors (Lipinski definition) is 2. The Balaban J connectivity index is 2.28. The van der Waals surface area contributed by atoms with Crippen LogP contribution in [-0.4, -0.2) is 7.11 Å². The van der Waals surface area contributed by atoms with Gasteiger partial charge in [-0.15, -0.1) is 0 Å². The predicted molar refractivity (Wildman–Crippen MR) is 74.7 cm³/mol. The van der Waals surface area contributed by atoms with E-state index in [1.807, 2.05) is 25.1 Å². The summed E-state index contributed by atoms with van der Waals surface area (Å²) in [7, 11) is 1.56. The first-order valence-corrected chi connectivity index (χ1v) is 6.35. The monoisotopic (exact) mass is 277 g/mol. The fourth-order valence-electron chi connectivity index (χ4n) is 2.17. The van der Waals surface area contributed by atoms with E-state index in [4.69, 9.17) is 10.5 Å². The van der Waals surface area contributed by atoms with Gasteiger partial charge in [0.2, 0.25) is 0 Å². The van der Waals surface area contributed by atoms with Crippen molar-refractivity contribution in [3.63, 3.8) is 0 Å². The molecule has 1 unspecified atom stereocenters. The standard InChI is InChI=1S/C16H17F2NO/c1-10-3-5-13(16(7-10)20-2)15(19)9-11-8-12(17)4-6-14(11)18/h3-8,15H,9,19H2,1-2H3. The number of ether oxygens (including phenoxy) is 1. The van der Waals surface area contributed by atoms with Gasteiger partial charge in [-0.05, 0) is 48.7 Å². The quantitative estimate of drug-likeness (QED) is 0.928. The third kappa shape index (κ3) is 3.14. The SMILES string of the molecule is COc1cc(C)ccc1C(N)Cc1cc(F)ccc1F. The first kappa shape index (κ1) is 14.5. The average molecular weight is 277 g/mol. The minimum Gasteiger partial charge on any atom is -0.496 e. The van der Waals surface area contributed by atoms with E-state index in [2.05, 4.69) is 0 Å². The zero-order valence-corrected chi connectivity index (χ0v) is 11.5. The molecular formula is C16H17F2NO. The molecule has 0 aliphatic rings. The second kappa shape index (κ2) is 6.01. The van der Waals surface area contributed by atoms with Crippen molar-refractivity contribution in [2.24, 2.45) is 5.73 Å². The Labute approximate surface area is 117 Å². The largest absolute Gasteiger partial charge is 0.496 e. The molecule has 106 valence electrons. The molecule has 0 aromatic heterocycles. The maximum absolute atomic E-state index is 13.6. The van der Waals surface area contributed by atoms with Gasteiger partial charge in [-0.1, -0.05) is 12.1 Å². The van der Waals surface area contributed by atoms with Crippen LogP contribution in [0.15, 0.2) is 36.4 Å². The lowest BCUT2D eigenvalue weighted by Gasteiger charge is -2.16. The van der Waals surface area contributed by atoms with Gasteiger partial charge in [0.15, 0.2) is 0 Å². The van der Waals surface area contributed by atoms with Crippen molar-refractivity contribution in [2.75, 3.05) is 7.11 Å². The van der Waals surface area contributed by atoms with E-state index in [-0.39, 0.29) is 12.0 Å². The van der Waals surface area contributed by atoms with Crippen molar-refractivity contribution >= 4 is 0 Å². The van der Waals surface area contributed by atoms with Crippen LogP contribution in [0, 0.1) is 18.6 Å². The highest BCUT2D eigenvalue weighted by Crippen LogP contribution is 2.27. The fourth-order valence-corrected chi connectivity index (χ4v) is 2.17. The zero-order chi connectivity index (χ0) is 14.7. The second-order valence-corrected chi connectivity index (χ2v) is 4.79. The Morgan fingerprint density at radius 2 is 1.90 bits per heavy atom. The first-order chi connectivity index (χ1) is 9.51. The van der Waals surface area contributed by atoms with Gasteiger partial charge in [0.25, 0.3) is 0 Å². The van der Waals surface area contributed by atoms with Gasteiger partial charge < -0.3 is 10.5 Å². The lowest BCUT2D eigenvalue weighted by Crippen LogP contribution is -2.15. The van der Waals surface area contributed by atoms with Crippen LogP contribution in [0.25, 0.3) is 0 Å². The van der Waals surface area contributed by atoms with E-state index in [0.29, 0.717) is 5.75 Å². The van der Waals surface area contributed by atoms with Crippen molar-refractivity contribution in [3.8, 4) is 5.75 Å². The molecule has 2 aromatic carbocycles. The molecule has 0 spiro atoms. The van der Waals surface area contributed by atoms with Crippen molar-refractivity contribution in [1.82, 2.24) is 0 Å². The molecule has 4 heteroatoms. The summed E-state index contributed by atoms with van der Waals surface area (Å²) < 4.78 is 32.1. The summed E-state index contributed by atoms with van der Waals surface area (Å²) in [6.45, 7) is 1.95. The smallest absolute Gasteiger partial charge is 0.126 e. The molecule has 20 heavy (non-hydrogen) atoms. The number of rotatable bonds is 4. The molecular weight excluding hydrogens is 260 g/mol. The molecule has 1 atom stereocenters. The highest BCUT2D eigenvalue weighted by atomic mass is 19.1. The summed E-state index contributed by atoms with van der Waals surface area (Å²) >= 11 is 0. The van der Waals surface area contributed by atoms with Crippen molar-refractivity contribution in [1.29, 1.82) is 0 Å². The van der Waals surface area contributed by atoms with Crippen LogP contribution in [0.4, 0.5) is 8.78 Å². The normalized spacial score (nSPS) is 12.2. The van der Waals surface area contributed by atoms with Crippen LogP contribution in [0.5, 0.6) is 5.75 Å². The van der Waals surface area contributed by atoms with Crippen LogP contribution < -0.4 is 10.5 Å². The summed E-state index contributed by atoms with van der Waals surface area (Å²) in [5.41, 5.74) is 8.20. The number of halogens is 2. The van der Waals surface area contributed by atoms with Crippen LogP contribution >= 0.6 is 0 Å². The minimum atomic E-state index is -0.468. The first-order valence-electron chi connectivity index (χ1n) is 6.35. The van der Waals surface area contributed by atoms with Gasteiger partial charge in [-0.3, -0.25) is 0 Å². The number of hydrogen-bond donors (Lipinski definition) is 1. The summed E-state index contributed by atoms with van der Waals surface area (Å²) in [6.07, 6.45) is 0.211. The van der Waals surface area contributed by atoms with Gasteiger partial charge in [0.05, 0.1) is 7.11 Å². The topological polar surface area (TPSA) is 35.2 Å². The maximum atomic E-state index is 13.6. The summed E-state index contributed by atoms with van der Waals surface area (Å²) in [4.78, 5) is 0. The van der Waals surface area contributed by atoms with Gasteiger partial charge in [-0.25, -0.2) is 8.78 Å². The highest BCUT2D eigenvalue weighted by molar-refractivity contribution is 5.40. The molecule has 0 aliphatic carbocycles. The average Bonchev–Trinajstić information content (AvgIpc) is 2.42. The lowest BCUT2D eigenvalue weighted by atomic mass is 9.97. The van der Waals surface area contributed by atoms with Crippen molar-refractivity contribution in [2.45, 2.75) is 19.4 Å². The molecule has 2 nitrogen and oxygen atoms in total. The Kier molecular flexibility index (Phi) is 4.35. The number of nitrogens with two attached hydrogens (primary N) is 1. The Morgan fingerprint density at radius 1 is 1.15 bits per heavy atom. The molecule has 0 amide bonds.